The summed E-state index contributed by atoms with van der Waals surface area (Å²) in [6.45, 7) is 1.71. The second-order valence-electron chi connectivity index (χ2n) is 5.96. The van der Waals surface area contributed by atoms with Crippen LogP contribution in [0.1, 0.15) is 33.6 Å². The van der Waals surface area contributed by atoms with Crippen LogP contribution in [0.4, 0.5) is 0 Å². The maximum atomic E-state index is 12.5. The zero-order valence-corrected chi connectivity index (χ0v) is 13.4. The number of nitrogens with zero attached hydrogens (tertiary/aromatic N) is 2. The number of carbonyl (C=O) groups is 2. The Labute approximate surface area is 141 Å². The smallest absolute Gasteiger partial charge is 0.338 e. The molecule has 124 valence electrons. The van der Waals surface area contributed by atoms with Crippen LogP contribution in [0.15, 0.2) is 54.9 Å². The van der Waals surface area contributed by atoms with E-state index in [9.17, 15) is 9.59 Å². The van der Waals surface area contributed by atoms with Crippen molar-refractivity contribution in [2.24, 2.45) is 5.92 Å². The van der Waals surface area contributed by atoms with E-state index in [1.165, 1.54) is 0 Å². The number of hydrogen-bond acceptors (Lipinski definition) is 4. The average Bonchev–Trinajstić information content (AvgIpc) is 2.67. The number of aromatic nitrogens is 1. The van der Waals surface area contributed by atoms with Crippen molar-refractivity contribution in [1.29, 1.82) is 0 Å². The van der Waals surface area contributed by atoms with Gasteiger partial charge in [-0.1, -0.05) is 18.2 Å². The van der Waals surface area contributed by atoms with Crippen LogP contribution in [0.25, 0.3) is 0 Å². The van der Waals surface area contributed by atoms with Crippen LogP contribution in [0, 0.1) is 5.92 Å². The quantitative estimate of drug-likeness (QED) is 0.812. The van der Waals surface area contributed by atoms with Gasteiger partial charge in [-0.25, -0.2) is 4.79 Å². The lowest BCUT2D eigenvalue weighted by Crippen LogP contribution is -2.41. The van der Waals surface area contributed by atoms with Gasteiger partial charge in [-0.15, -0.1) is 0 Å². The van der Waals surface area contributed by atoms with Gasteiger partial charge < -0.3 is 9.64 Å². The molecule has 1 amide bonds. The number of piperidine rings is 1. The molecule has 0 radical (unpaired) electrons. The molecule has 24 heavy (non-hydrogen) atoms. The number of rotatable bonds is 4. The highest BCUT2D eigenvalue weighted by molar-refractivity contribution is 5.94. The second kappa shape index (κ2) is 7.73. The molecule has 0 spiro atoms. The van der Waals surface area contributed by atoms with Gasteiger partial charge in [-0.2, -0.15) is 0 Å². The highest BCUT2D eigenvalue weighted by Crippen LogP contribution is 2.19. The summed E-state index contributed by atoms with van der Waals surface area (Å²) < 4.78 is 5.40. The van der Waals surface area contributed by atoms with E-state index in [0.29, 0.717) is 24.3 Å². The molecule has 0 aliphatic carbocycles. The van der Waals surface area contributed by atoms with Gasteiger partial charge in [0.15, 0.2) is 0 Å². The van der Waals surface area contributed by atoms with Gasteiger partial charge in [-0.05, 0) is 37.1 Å². The molecule has 5 heteroatoms. The Hall–Kier alpha value is -2.69. The van der Waals surface area contributed by atoms with E-state index in [0.717, 1.165) is 19.4 Å². The summed E-state index contributed by atoms with van der Waals surface area (Å²) in [4.78, 5) is 30.2. The molecule has 0 bridgehead atoms. The van der Waals surface area contributed by atoms with Crippen molar-refractivity contribution in [3.05, 3.63) is 66.0 Å². The van der Waals surface area contributed by atoms with Gasteiger partial charge in [0.05, 0.1) is 12.2 Å². The van der Waals surface area contributed by atoms with Crippen LogP contribution in [-0.2, 0) is 4.74 Å². The summed E-state index contributed by atoms with van der Waals surface area (Å²) in [6, 6.07) is 12.6. The van der Waals surface area contributed by atoms with Crippen molar-refractivity contribution in [2.45, 2.75) is 12.8 Å². The predicted octanol–water partition coefficient (Wildman–Crippen LogP) is 2.79. The lowest BCUT2D eigenvalue weighted by molar-refractivity contribution is 0.0342. The van der Waals surface area contributed by atoms with E-state index in [4.69, 9.17) is 4.74 Å². The Balaban J connectivity index is 1.54. The highest BCUT2D eigenvalue weighted by atomic mass is 16.5. The Bertz CT molecular complexity index is 688. The zero-order chi connectivity index (χ0) is 16.8. The third-order valence-corrected chi connectivity index (χ3v) is 4.19. The van der Waals surface area contributed by atoms with Crippen molar-refractivity contribution in [1.82, 2.24) is 9.88 Å². The molecular weight excluding hydrogens is 304 g/mol. The molecule has 2 aromatic rings. The van der Waals surface area contributed by atoms with Gasteiger partial charge in [0.2, 0.25) is 0 Å². The Morgan fingerprint density at radius 1 is 1.08 bits per heavy atom. The number of amides is 1. The average molecular weight is 324 g/mol. The number of esters is 1. The van der Waals surface area contributed by atoms with E-state index in [2.05, 4.69) is 4.98 Å². The van der Waals surface area contributed by atoms with Crippen molar-refractivity contribution in [3.63, 3.8) is 0 Å². The van der Waals surface area contributed by atoms with Crippen LogP contribution in [0.3, 0.4) is 0 Å². The Kier molecular flexibility index (Phi) is 5.21. The lowest BCUT2D eigenvalue weighted by Gasteiger charge is -2.32. The Morgan fingerprint density at radius 2 is 1.83 bits per heavy atom. The molecule has 1 aromatic heterocycles. The molecule has 1 saturated heterocycles. The summed E-state index contributed by atoms with van der Waals surface area (Å²) in [6.07, 6.45) is 5.02. The summed E-state index contributed by atoms with van der Waals surface area (Å²) in [7, 11) is 0. The third-order valence-electron chi connectivity index (χ3n) is 4.19. The number of benzene rings is 1. The molecule has 0 saturated carbocycles. The summed E-state index contributed by atoms with van der Waals surface area (Å²) in [5.41, 5.74) is 1.20. The molecule has 1 fully saturated rings. The first-order chi connectivity index (χ1) is 11.7. The molecule has 0 unspecified atom stereocenters. The SMILES string of the molecule is O=C(OC[C@H]1CCCN(C(=O)c2ccccc2)C1)c1ccncc1. The van der Waals surface area contributed by atoms with Crippen molar-refractivity contribution >= 4 is 11.9 Å². The van der Waals surface area contributed by atoms with Crippen LogP contribution in [-0.4, -0.2) is 41.5 Å². The van der Waals surface area contributed by atoms with Crippen LogP contribution >= 0.6 is 0 Å². The Morgan fingerprint density at radius 3 is 2.58 bits per heavy atom. The molecule has 5 nitrogen and oxygen atoms in total. The topological polar surface area (TPSA) is 59.5 Å². The zero-order valence-electron chi connectivity index (χ0n) is 13.4. The fourth-order valence-electron chi connectivity index (χ4n) is 2.91. The second-order valence-corrected chi connectivity index (χ2v) is 5.96. The fraction of sp³-hybridized carbons (Fsp3) is 0.316. The molecule has 2 heterocycles. The van der Waals surface area contributed by atoms with Gasteiger partial charge in [0.1, 0.15) is 0 Å². The normalized spacial score (nSPS) is 17.3. The van der Waals surface area contributed by atoms with E-state index in [-0.39, 0.29) is 17.8 Å². The highest BCUT2D eigenvalue weighted by Gasteiger charge is 2.25. The first-order valence-corrected chi connectivity index (χ1v) is 8.15. The minimum absolute atomic E-state index is 0.0424. The number of likely N-dealkylation sites (tertiary alicyclic amines) is 1. The van der Waals surface area contributed by atoms with E-state index < -0.39 is 0 Å². The minimum Gasteiger partial charge on any atom is -0.462 e. The van der Waals surface area contributed by atoms with Gasteiger partial charge in [0, 0.05) is 37.0 Å². The lowest BCUT2D eigenvalue weighted by atomic mass is 9.98. The molecule has 1 aromatic carbocycles. The van der Waals surface area contributed by atoms with E-state index >= 15 is 0 Å². The molecule has 1 aliphatic rings. The fourth-order valence-corrected chi connectivity index (χ4v) is 2.91. The minimum atomic E-state index is -0.344. The number of ether oxygens (including phenoxy) is 1. The molecule has 0 N–H and O–H groups in total. The van der Waals surface area contributed by atoms with Crippen molar-refractivity contribution < 1.29 is 14.3 Å². The molecule has 1 atom stereocenters. The van der Waals surface area contributed by atoms with Gasteiger partial charge in [0.25, 0.3) is 5.91 Å². The van der Waals surface area contributed by atoms with Crippen LogP contribution < -0.4 is 0 Å². The summed E-state index contributed by atoms with van der Waals surface area (Å²) in [5, 5.41) is 0. The summed E-state index contributed by atoms with van der Waals surface area (Å²) in [5.74, 6) is -0.123. The molecule has 1 aliphatic heterocycles. The number of hydrogen-bond donors (Lipinski definition) is 0. The monoisotopic (exact) mass is 324 g/mol. The van der Waals surface area contributed by atoms with Crippen LogP contribution in [0.2, 0.25) is 0 Å². The van der Waals surface area contributed by atoms with Crippen LogP contribution in [0.5, 0.6) is 0 Å². The van der Waals surface area contributed by atoms with Gasteiger partial charge in [-0.3, -0.25) is 9.78 Å². The number of carbonyl (C=O) groups excluding carboxylic acids is 2. The van der Waals surface area contributed by atoms with Gasteiger partial charge >= 0.3 is 5.97 Å². The molecule has 3 rings (SSSR count). The number of pyridine rings is 1. The van der Waals surface area contributed by atoms with E-state index in [1.807, 2.05) is 35.2 Å². The third kappa shape index (κ3) is 3.98. The molecular formula is C19H20N2O3. The maximum absolute atomic E-state index is 12.5. The summed E-state index contributed by atoms with van der Waals surface area (Å²) >= 11 is 0. The van der Waals surface area contributed by atoms with Crippen molar-refractivity contribution in [3.8, 4) is 0 Å². The van der Waals surface area contributed by atoms with Crippen molar-refractivity contribution in [2.75, 3.05) is 19.7 Å². The first kappa shape index (κ1) is 16.2. The first-order valence-electron chi connectivity index (χ1n) is 8.15. The van der Waals surface area contributed by atoms with E-state index in [1.54, 1.807) is 24.5 Å². The maximum Gasteiger partial charge on any atom is 0.338 e. The predicted molar refractivity (Wildman–Crippen MR) is 89.6 cm³/mol. The largest absolute Gasteiger partial charge is 0.462 e. The standard InChI is InChI=1S/C19H20N2O3/c22-18(16-6-2-1-3-7-16)21-12-4-5-15(13-21)14-24-19(23)17-8-10-20-11-9-17/h1-3,6-11,15H,4-5,12-14H2/t15-/m0/s1.